The topological polar surface area (TPSA) is 12.0 Å². The normalized spacial score (nSPS) is 14.8. The Hall–Kier alpha value is -0.410. The van der Waals surface area contributed by atoms with E-state index in [2.05, 4.69) is 35.1 Å². The van der Waals surface area contributed by atoms with Crippen LogP contribution in [0.2, 0.25) is 0 Å². The van der Waals surface area contributed by atoms with Crippen molar-refractivity contribution >= 4 is 15.9 Å². The van der Waals surface area contributed by atoms with Gasteiger partial charge in [-0.25, -0.2) is 4.39 Å². The molecule has 1 nitrogen and oxygen atoms in total. The minimum atomic E-state index is -0.194. The first-order chi connectivity index (χ1) is 7.58. The van der Waals surface area contributed by atoms with E-state index in [4.69, 9.17) is 0 Å². The highest BCUT2D eigenvalue weighted by atomic mass is 79.9. The van der Waals surface area contributed by atoms with Crippen LogP contribution in [0.15, 0.2) is 22.7 Å². The smallest absolute Gasteiger partial charge is 0.124 e. The van der Waals surface area contributed by atoms with Gasteiger partial charge in [0.05, 0.1) is 0 Å². The predicted molar refractivity (Wildman–Crippen MR) is 70.1 cm³/mol. The molecular weight excluding hydrogens is 269 g/mol. The van der Waals surface area contributed by atoms with E-state index in [1.807, 2.05) is 13.1 Å². The Kier molecular flexibility index (Phi) is 5.42. The Morgan fingerprint density at radius 3 is 2.62 bits per heavy atom. The van der Waals surface area contributed by atoms with Gasteiger partial charge in [0, 0.05) is 10.5 Å². The fraction of sp³-hybridized carbons (Fsp3) is 0.538. The molecule has 0 heterocycles. The minimum Gasteiger partial charge on any atom is -0.316 e. The Morgan fingerprint density at radius 2 is 2.12 bits per heavy atom. The third-order valence-corrected chi connectivity index (χ3v) is 3.89. The molecule has 1 rings (SSSR count). The summed E-state index contributed by atoms with van der Waals surface area (Å²) in [6.45, 7) is 4.42. The van der Waals surface area contributed by atoms with Crippen molar-refractivity contribution in [3.8, 4) is 0 Å². The van der Waals surface area contributed by atoms with Crippen molar-refractivity contribution in [1.82, 2.24) is 5.32 Å². The van der Waals surface area contributed by atoms with E-state index in [1.54, 1.807) is 0 Å². The second-order valence-corrected chi connectivity index (χ2v) is 5.07. The molecule has 90 valence electrons. The third-order valence-electron chi connectivity index (χ3n) is 3.16. The molecule has 0 aliphatic rings. The molecule has 0 bridgehead atoms. The van der Waals surface area contributed by atoms with Crippen molar-refractivity contribution < 1.29 is 4.39 Å². The van der Waals surface area contributed by atoms with Crippen LogP contribution in [0.1, 0.15) is 25.8 Å². The maximum absolute atomic E-state index is 12.9. The average Bonchev–Trinajstić information content (AvgIpc) is 2.27. The molecule has 0 fully saturated rings. The lowest BCUT2D eigenvalue weighted by Crippen LogP contribution is -2.34. The Morgan fingerprint density at radius 1 is 1.44 bits per heavy atom. The van der Waals surface area contributed by atoms with Crippen LogP contribution < -0.4 is 5.32 Å². The molecule has 0 radical (unpaired) electrons. The van der Waals surface area contributed by atoms with E-state index in [0.29, 0.717) is 12.0 Å². The fourth-order valence-corrected chi connectivity index (χ4v) is 2.31. The Balaban J connectivity index is 2.78. The SMILES string of the molecule is CCC(C)C(Cc1ccc(F)cc1Br)NC. The molecule has 1 aromatic carbocycles. The van der Waals surface area contributed by atoms with Crippen molar-refractivity contribution in [2.75, 3.05) is 7.05 Å². The zero-order valence-corrected chi connectivity index (χ0v) is 11.6. The van der Waals surface area contributed by atoms with E-state index in [1.165, 1.54) is 12.1 Å². The molecule has 0 saturated carbocycles. The molecule has 0 spiro atoms. The second kappa shape index (κ2) is 6.36. The van der Waals surface area contributed by atoms with Gasteiger partial charge in [-0.3, -0.25) is 0 Å². The second-order valence-electron chi connectivity index (χ2n) is 4.22. The summed E-state index contributed by atoms with van der Waals surface area (Å²) in [4.78, 5) is 0. The number of benzene rings is 1. The van der Waals surface area contributed by atoms with Crippen LogP contribution in [0.3, 0.4) is 0 Å². The quantitative estimate of drug-likeness (QED) is 0.869. The average molecular weight is 288 g/mol. The molecular formula is C13H19BrFN. The number of halogens is 2. The Labute approximate surface area is 106 Å². The molecule has 2 atom stereocenters. The van der Waals surface area contributed by atoms with Crippen LogP contribution >= 0.6 is 15.9 Å². The molecule has 1 N–H and O–H groups in total. The molecule has 0 aromatic heterocycles. The highest BCUT2D eigenvalue weighted by Crippen LogP contribution is 2.22. The summed E-state index contributed by atoms with van der Waals surface area (Å²) in [6, 6.07) is 5.33. The predicted octanol–water partition coefficient (Wildman–Crippen LogP) is 3.76. The highest BCUT2D eigenvalue weighted by molar-refractivity contribution is 9.10. The number of nitrogens with one attached hydrogen (secondary N) is 1. The summed E-state index contributed by atoms with van der Waals surface area (Å²) < 4.78 is 13.8. The zero-order chi connectivity index (χ0) is 12.1. The summed E-state index contributed by atoms with van der Waals surface area (Å²) in [5, 5.41) is 3.33. The maximum Gasteiger partial charge on any atom is 0.124 e. The monoisotopic (exact) mass is 287 g/mol. The molecule has 0 saturated heterocycles. The van der Waals surface area contributed by atoms with Gasteiger partial charge in [-0.2, -0.15) is 0 Å². The molecule has 2 unspecified atom stereocenters. The first-order valence-electron chi connectivity index (χ1n) is 5.69. The summed E-state index contributed by atoms with van der Waals surface area (Å²) >= 11 is 3.41. The van der Waals surface area contributed by atoms with Crippen LogP contribution in [0, 0.1) is 11.7 Å². The van der Waals surface area contributed by atoms with Gasteiger partial charge in [0.2, 0.25) is 0 Å². The van der Waals surface area contributed by atoms with Crippen molar-refractivity contribution in [3.63, 3.8) is 0 Å². The summed E-state index contributed by atoms with van der Waals surface area (Å²) in [7, 11) is 1.98. The summed E-state index contributed by atoms with van der Waals surface area (Å²) in [5.74, 6) is 0.419. The van der Waals surface area contributed by atoms with E-state index in [0.717, 1.165) is 22.9 Å². The van der Waals surface area contributed by atoms with Crippen LogP contribution in [-0.2, 0) is 6.42 Å². The lowest BCUT2D eigenvalue weighted by molar-refractivity contribution is 0.386. The molecule has 16 heavy (non-hydrogen) atoms. The van der Waals surface area contributed by atoms with Crippen LogP contribution in [0.5, 0.6) is 0 Å². The van der Waals surface area contributed by atoms with E-state index in [9.17, 15) is 4.39 Å². The zero-order valence-electron chi connectivity index (χ0n) is 10.1. The molecule has 0 amide bonds. The lowest BCUT2D eigenvalue weighted by Gasteiger charge is -2.23. The number of likely N-dealkylation sites (N-methyl/N-ethyl adjacent to an activating group) is 1. The van der Waals surface area contributed by atoms with Gasteiger partial charge in [-0.15, -0.1) is 0 Å². The van der Waals surface area contributed by atoms with Crippen LogP contribution in [0.25, 0.3) is 0 Å². The van der Waals surface area contributed by atoms with Gasteiger partial charge in [0.15, 0.2) is 0 Å². The van der Waals surface area contributed by atoms with Gasteiger partial charge in [0.1, 0.15) is 5.82 Å². The largest absolute Gasteiger partial charge is 0.316 e. The third kappa shape index (κ3) is 3.56. The van der Waals surface area contributed by atoms with Gasteiger partial charge in [0.25, 0.3) is 0 Å². The highest BCUT2D eigenvalue weighted by Gasteiger charge is 2.15. The molecule has 0 aliphatic carbocycles. The van der Waals surface area contributed by atoms with Crippen molar-refractivity contribution in [1.29, 1.82) is 0 Å². The molecule has 1 aromatic rings. The van der Waals surface area contributed by atoms with Crippen molar-refractivity contribution in [3.05, 3.63) is 34.1 Å². The van der Waals surface area contributed by atoms with Gasteiger partial charge in [-0.05, 0) is 37.1 Å². The van der Waals surface area contributed by atoms with E-state index < -0.39 is 0 Å². The number of hydrogen-bond acceptors (Lipinski definition) is 1. The van der Waals surface area contributed by atoms with Crippen molar-refractivity contribution in [2.24, 2.45) is 5.92 Å². The number of rotatable bonds is 5. The summed E-state index contributed by atoms with van der Waals surface area (Å²) in [6.07, 6.45) is 2.07. The van der Waals surface area contributed by atoms with Crippen LogP contribution in [0.4, 0.5) is 4.39 Å². The minimum absolute atomic E-state index is 0.194. The van der Waals surface area contributed by atoms with Gasteiger partial charge in [-0.1, -0.05) is 42.3 Å². The van der Waals surface area contributed by atoms with Crippen LogP contribution in [-0.4, -0.2) is 13.1 Å². The summed E-state index contributed by atoms with van der Waals surface area (Å²) in [5.41, 5.74) is 1.15. The first kappa shape index (κ1) is 13.7. The maximum atomic E-state index is 12.9. The molecule has 3 heteroatoms. The molecule has 0 aliphatic heterocycles. The lowest BCUT2D eigenvalue weighted by atomic mass is 9.93. The van der Waals surface area contributed by atoms with E-state index >= 15 is 0 Å². The van der Waals surface area contributed by atoms with Gasteiger partial charge < -0.3 is 5.32 Å². The standard InChI is InChI=1S/C13H19BrFN/c1-4-9(2)13(16-3)7-10-5-6-11(15)8-12(10)14/h5-6,8-9,13,16H,4,7H2,1-3H3. The van der Waals surface area contributed by atoms with E-state index in [-0.39, 0.29) is 5.82 Å². The fourth-order valence-electron chi connectivity index (χ4n) is 1.80. The van der Waals surface area contributed by atoms with Gasteiger partial charge >= 0.3 is 0 Å². The van der Waals surface area contributed by atoms with Crippen molar-refractivity contribution in [2.45, 2.75) is 32.7 Å². The first-order valence-corrected chi connectivity index (χ1v) is 6.49. The number of hydrogen-bond donors (Lipinski definition) is 1. The Bertz CT molecular complexity index is 341.